The Kier molecular flexibility index (Phi) is 6.60. The standard InChI is InChI=1S/C17H23N3O4/c1-14(21)19-8-10-20(11-9-19)17(23)13-18-16(22)7-12-24-15-5-3-2-4-6-15/h2-6H,7-13H2,1H3,(H,18,22). The summed E-state index contributed by atoms with van der Waals surface area (Å²) in [6, 6.07) is 9.26. The van der Waals surface area contributed by atoms with Gasteiger partial charge in [0.15, 0.2) is 0 Å². The van der Waals surface area contributed by atoms with Crippen LogP contribution in [0.25, 0.3) is 0 Å². The highest BCUT2D eigenvalue weighted by atomic mass is 16.5. The summed E-state index contributed by atoms with van der Waals surface area (Å²) in [5.41, 5.74) is 0. The molecule has 1 aliphatic rings. The quantitative estimate of drug-likeness (QED) is 0.810. The number of nitrogens with one attached hydrogen (secondary N) is 1. The van der Waals surface area contributed by atoms with E-state index >= 15 is 0 Å². The maximum atomic E-state index is 12.1. The molecule has 0 spiro atoms. The molecule has 7 heteroatoms. The largest absolute Gasteiger partial charge is 0.493 e. The van der Waals surface area contributed by atoms with Crippen molar-refractivity contribution in [1.82, 2.24) is 15.1 Å². The molecule has 1 fully saturated rings. The van der Waals surface area contributed by atoms with Crippen molar-refractivity contribution in [2.24, 2.45) is 0 Å². The van der Waals surface area contributed by atoms with E-state index in [1.165, 1.54) is 6.92 Å². The minimum atomic E-state index is -0.221. The summed E-state index contributed by atoms with van der Waals surface area (Å²) in [5.74, 6) is 0.385. The second-order valence-electron chi connectivity index (χ2n) is 5.58. The third-order valence-electron chi connectivity index (χ3n) is 3.86. The first-order valence-corrected chi connectivity index (χ1v) is 8.04. The Morgan fingerprint density at radius 3 is 2.29 bits per heavy atom. The van der Waals surface area contributed by atoms with E-state index in [2.05, 4.69) is 5.32 Å². The number of para-hydroxylation sites is 1. The van der Waals surface area contributed by atoms with E-state index in [1.54, 1.807) is 9.80 Å². The van der Waals surface area contributed by atoms with Gasteiger partial charge in [0, 0.05) is 33.1 Å². The molecule has 0 radical (unpaired) electrons. The maximum Gasteiger partial charge on any atom is 0.242 e. The highest BCUT2D eigenvalue weighted by molar-refractivity contribution is 5.85. The monoisotopic (exact) mass is 333 g/mol. The zero-order valence-corrected chi connectivity index (χ0v) is 13.9. The van der Waals surface area contributed by atoms with Crippen LogP contribution in [0.1, 0.15) is 13.3 Å². The van der Waals surface area contributed by atoms with Gasteiger partial charge in [-0.15, -0.1) is 0 Å². The van der Waals surface area contributed by atoms with Gasteiger partial charge in [-0.1, -0.05) is 18.2 Å². The summed E-state index contributed by atoms with van der Waals surface area (Å²) in [6.45, 7) is 3.86. The summed E-state index contributed by atoms with van der Waals surface area (Å²) in [4.78, 5) is 38.4. The second-order valence-corrected chi connectivity index (χ2v) is 5.58. The van der Waals surface area contributed by atoms with Crippen molar-refractivity contribution in [3.8, 4) is 5.75 Å². The van der Waals surface area contributed by atoms with Gasteiger partial charge in [-0.3, -0.25) is 14.4 Å². The zero-order chi connectivity index (χ0) is 17.4. The molecule has 1 aromatic carbocycles. The average molecular weight is 333 g/mol. The fourth-order valence-electron chi connectivity index (χ4n) is 2.42. The van der Waals surface area contributed by atoms with E-state index < -0.39 is 0 Å². The Balaban J connectivity index is 1.61. The fourth-order valence-corrected chi connectivity index (χ4v) is 2.42. The first-order valence-electron chi connectivity index (χ1n) is 8.04. The molecule has 3 amide bonds. The second kappa shape index (κ2) is 8.90. The molecule has 0 aliphatic carbocycles. The Bertz CT molecular complexity index is 568. The molecule has 7 nitrogen and oxygen atoms in total. The summed E-state index contributed by atoms with van der Waals surface area (Å²) >= 11 is 0. The lowest BCUT2D eigenvalue weighted by atomic mass is 10.3. The van der Waals surface area contributed by atoms with Crippen LogP contribution in [0.3, 0.4) is 0 Å². The molecule has 1 heterocycles. The lowest BCUT2D eigenvalue weighted by molar-refractivity contribution is -0.138. The van der Waals surface area contributed by atoms with E-state index in [0.717, 1.165) is 0 Å². The van der Waals surface area contributed by atoms with Crippen molar-refractivity contribution >= 4 is 17.7 Å². The number of carbonyl (C=O) groups excluding carboxylic acids is 3. The Morgan fingerprint density at radius 2 is 1.67 bits per heavy atom. The van der Waals surface area contributed by atoms with Crippen LogP contribution in [-0.4, -0.2) is 66.9 Å². The van der Waals surface area contributed by atoms with E-state index in [4.69, 9.17) is 4.74 Å². The van der Waals surface area contributed by atoms with Crippen molar-refractivity contribution in [3.63, 3.8) is 0 Å². The van der Waals surface area contributed by atoms with Gasteiger partial charge < -0.3 is 19.9 Å². The van der Waals surface area contributed by atoms with Gasteiger partial charge in [-0.2, -0.15) is 0 Å². The van der Waals surface area contributed by atoms with E-state index in [1.807, 2.05) is 30.3 Å². The van der Waals surface area contributed by atoms with Crippen molar-refractivity contribution in [1.29, 1.82) is 0 Å². The lowest BCUT2D eigenvalue weighted by Crippen LogP contribution is -2.52. The number of ether oxygens (including phenoxy) is 1. The number of nitrogens with zero attached hydrogens (tertiary/aromatic N) is 2. The number of piperazine rings is 1. The first kappa shape index (κ1) is 17.8. The minimum absolute atomic E-state index is 0.0221. The zero-order valence-electron chi connectivity index (χ0n) is 13.9. The Morgan fingerprint density at radius 1 is 1.04 bits per heavy atom. The predicted octanol–water partition coefficient (Wildman–Crippen LogP) is 0.262. The highest BCUT2D eigenvalue weighted by Gasteiger charge is 2.22. The van der Waals surface area contributed by atoms with Gasteiger partial charge in [-0.05, 0) is 12.1 Å². The van der Waals surface area contributed by atoms with Crippen LogP contribution in [-0.2, 0) is 14.4 Å². The van der Waals surface area contributed by atoms with Crippen LogP contribution in [0.2, 0.25) is 0 Å². The third kappa shape index (κ3) is 5.57. The number of carbonyl (C=O) groups is 3. The van der Waals surface area contributed by atoms with Gasteiger partial charge >= 0.3 is 0 Å². The number of amides is 3. The summed E-state index contributed by atoms with van der Waals surface area (Å²) in [7, 11) is 0. The smallest absolute Gasteiger partial charge is 0.242 e. The SMILES string of the molecule is CC(=O)N1CCN(C(=O)CNC(=O)CCOc2ccccc2)CC1. The van der Waals surface area contributed by atoms with Crippen LogP contribution < -0.4 is 10.1 Å². The van der Waals surface area contributed by atoms with Gasteiger partial charge in [0.2, 0.25) is 17.7 Å². The molecule has 1 aliphatic heterocycles. The molecule has 1 aromatic rings. The minimum Gasteiger partial charge on any atom is -0.493 e. The maximum absolute atomic E-state index is 12.1. The van der Waals surface area contributed by atoms with E-state index in [0.29, 0.717) is 31.9 Å². The predicted molar refractivity (Wildman–Crippen MR) is 88.4 cm³/mol. The molecule has 24 heavy (non-hydrogen) atoms. The number of rotatable bonds is 6. The van der Waals surface area contributed by atoms with Gasteiger partial charge in [-0.25, -0.2) is 0 Å². The molecular formula is C17H23N3O4. The fraction of sp³-hybridized carbons (Fsp3) is 0.471. The van der Waals surface area contributed by atoms with Crippen LogP contribution in [0.15, 0.2) is 30.3 Å². The molecular weight excluding hydrogens is 310 g/mol. The van der Waals surface area contributed by atoms with Gasteiger partial charge in [0.1, 0.15) is 5.75 Å². The van der Waals surface area contributed by atoms with Crippen molar-refractivity contribution in [3.05, 3.63) is 30.3 Å². The topological polar surface area (TPSA) is 79.0 Å². The number of hydrogen-bond acceptors (Lipinski definition) is 4. The van der Waals surface area contributed by atoms with Crippen LogP contribution in [0.4, 0.5) is 0 Å². The van der Waals surface area contributed by atoms with Crippen LogP contribution >= 0.6 is 0 Å². The van der Waals surface area contributed by atoms with Gasteiger partial charge in [0.25, 0.3) is 0 Å². The first-order chi connectivity index (χ1) is 11.6. The van der Waals surface area contributed by atoms with Crippen molar-refractivity contribution in [2.45, 2.75) is 13.3 Å². The molecule has 0 atom stereocenters. The number of hydrogen-bond donors (Lipinski definition) is 1. The Hall–Kier alpha value is -2.57. The van der Waals surface area contributed by atoms with Crippen molar-refractivity contribution in [2.75, 3.05) is 39.3 Å². The van der Waals surface area contributed by atoms with Crippen LogP contribution in [0.5, 0.6) is 5.75 Å². The van der Waals surface area contributed by atoms with Crippen LogP contribution in [0, 0.1) is 0 Å². The summed E-state index contributed by atoms with van der Waals surface area (Å²) in [6.07, 6.45) is 0.195. The average Bonchev–Trinajstić information content (AvgIpc) is 2.60. The van der Waals surface area contributed by atoms with Crippen molar-refractivity contribution < 1.29 is 19.1 Å². The molecule has 0 saturated carbocycles. The molecule has 0 bridgehead atoms. The number of benzene rings is 1. The molecule has 0 unspecified atom stereocenters. The molecule has 1 N–H and O–H groups in total. The molecule has 1 saturated heterocycles. The third-order valence-corrected chi connectivity index (χ3v) is 3.86. The summed E-state index contributed by atoms with van der Waals surface area (Å²) in [5, 5.41) is 2.61. The highest BCUT2D eigenvalue weighted by Crippen LogP contribution is 2.08. The normalized spacial score (nSPS) is 14.2. The van der Waals surface area contributed by atoms with E-state index in [-0.39, 0.29) is 37.3 Å². The Labute approximate surface area is 141 Å². The van der Waals surface area contributed by atoms with E-state index in [9.17, 15) is 14.4 Å². The lowest BCUT2D eigenvalue weighted by Gasteiger charge is -2.34. The molecule has 130 valence electrons. The molecule has 2 rings (SSSR count). The van der Waals surface area contributed by atoms with Gasteiger partial charge in [0.05, 0.1) is 19.6 Å². The summed E-state index contributed by atoms with van der Waals surface area (Å²) < 4.78 is 5.44. The molecule has 0 aromatic heterocycles.